The van der Waals surface area contributed by atoms with Crippen molar-refractivity contribution in [3.8, 4) is 28.6 Å². The minimum absolute atomic E-state index is 0.190. The molecule has 142 valence electrons. The van der Waals surface area contributed by atoms with E-state index in [4.69, 9.17) is 18.7 Å². The van der Waals surface area contributed by atoms with Crippen molar-refractivity contribution in [3.63, 3.8) is 0 Å². The molecule has 2 heterocycles. The summed E-state index contributed by atoms with van der Waals surface area (Å²) in [5.41, 5.74) is 0.635. The van der Waals surface area contributed by atoms with E-state index in [2.05, 4.69) is 15.5 Å². The highest BCUT2D eigenvalue weighted by Gasteiger charge is 2.21. The van der Waals surface area contributed by atoms with Crippen LogP contribution in [-0.4, -0.2) is 37.4 Å². The first-order valence-electron chi connectivity index (χ1n) is 8.05. The molecule has 0 saturated heterocycles. The molecule has 0 aliphatic rings. The van der Waals surface area contributed by atoms with Gasteiger partial charge in [0.1, 0.15) is 6.04 Å². The average Bonchev–Trinajstić information content (AvgIpc) is 3.38. The largest absolute Gasteiger partial charge is 0.493 e. The number of carbonyl (C=O) groups is 1. The fourth-order valence-corrected chi connectivity index (χ4v) is 3.10. The van der Waals surface area contributed by atoms with Crippen LogP contribution in [-0.2, 0) is 0 Å². The lowest BCUT2D eigenvalue weighted by atomic mass is 10.1. The average molecular weight is 389 g/mol. The predicted octanol–water partition coefficient (Wildman–Crippen LogP) is 3.31. The van der Waals surface area contributed by atoms with Gasteiger partial charge >= 0.3 is 0 Å². The molecule has 1 N–H and O–H groups in total. The van der Waals surface area contributed by atoms with Gasteiger partial charge in [-0.2, -0.15) is 4.98 Å². The number of hydrogen-bond acceptors (Lipinski definition) is 8. The third kappa shape index (κ3) is 3.87. The first kappa shape index (κ1) is 18.7. The van der Waals surface area contributed by atoms with E-state index in [1.807, 2.05) is 11.4 Å². The maximum Gasteiger partial charge on any atom is 0.261 e. The number of nitrogens with zero attached hydrogens (tertiary/aromatic N) is 2. The smallest absolute Gasteiger partial charge is 0.261 e. The van der Waals surface area contributed by atoms with Crippen LogP contribution in [0.5, 0.6) is 17.2 Å². The van der Waals surface area contributed by atoms with Crippen LogP contribution in [0.4, 0.5) is 0 Å². The Labute approximate surface area is 160 Å². The molecule has 0 radical (unpaired) electrons. The zero-order valence-electron chi connectivity index (χ0n) is 15.3. The Hall–Kier alpha value is -3.07. The summed E-state index contributed by atoms with van der Waals surface area (Å²) >= 11 is 1.36. The summed E-state index contributed by atoms with van der Waals surface area (Å²) in [6, 6.07) is 6.58. The van der Waals surface area contributed by atoms with Crippen LogP contribution in [0.25, 0.3) is 11.4 Å². The Morgan fingerprint density at radius 1 is 1.19 bits per heavy atom. The van der Waals surface area contributed by atoms with E-state index < -0.39 is 6.04 Å². The molecule has 27 heavy (non-hydrogen) atoms. The fraction of sp³-hybridized carbons (Fsp3) is 0.278. The van der Waals surface area contributed by atoms with Gasteiger partial charge in [0.05, 0.1) is 26.2 Å². The van der Waals surface area contributed by atoms with Crippen LogP contribution in [0.15, 0.2) is 34.2 Å². The van der Waals surface area contributed by atoms with E-state index in [0.29, 0.717) is 39.4 Å². The number of thiophene rings is 1. The predicted molar refractivity (Wildman–Crippen MR) is 99.6 cm³/mol. The zero-order chi connectivity index (χ0) is 19.4. The minimum Gasteiger partial charge on any atom is -0.493 e. The van der Waals surface area contributed by atoms with Crippen molar-refractivity contribution in [1.82, 2.24) is 15.5 Å². The molecule has 0 fully saturated rings. The van der Waals surface area contributed by atoms with Gasteiger partial charge in [-0.15, -0.1) is 11.3 Å². The van der Waals surface area contributed by atoms with Crippen LogP contribution >= 0.6 is 11.3 Å². The molecule has 2 aromatic heterocycles. The first-order valence-corrected chi connectivity index (χ1v) is 8.93. The Balaban J connectivity index is 1.84. The molecule has 1 atom stereocenters. The van der Waals surface area contributed by atoms with Crippen LogP contribution in [0.1, 0.15) is 28.5 Å². The Morgan fingerprint density at radius 2 is 1.89 bits per heavy atom. The summed E-state index contributed by atoms with van der Waals surface area (Å²) < 4.78 is 21.3. The van der Waals surface area contributed by atoms with Gasteiger partial charge < -0.3 is 24.1 Å². The molecule has 1 amide bonds. The summed E-state index contributed by atoms with van der Waals surface area (Å²) in [5, 5.41) is 8.67. The molecule has 1 unspecified atom stereocenters. The van der Waals surface area contributed by atoms with E-state index in [-0.39, 0.29) is 5.91 Å². The van der Waals surface area contributed by atoms with Crippen LogP contribution < -0.4 is 19.5 Å². The molecule has 0 aliphatic carbocycles. The van der Waals surface area contributed by atoms with E-state index in [1.54, 1.807) is 25.1 Å². The van der Waals surface area contributed by atoms with E-state index >= 15 is 0 Å². The molecular weight excluding hydrogens is 370 g/mol. The normalized spacial score (nSPS) is 11.7. The van der Waals surface area contributed by atoms with Crippen molar-refractivity contribution in [2.24, 2.45) is 0 Å². The van der Waals surface area contributed by atoms with Crippen LogP contribution in [0.2, 0.25) is 0 Å². The maximum atomic E-state index is 12.2. The molecule has 0 spiro atoms. The Kier molecular flexibility index (Phi) is 5.60. The SMILES string of the molecule is COc1cc(-c2noc(C(C)NC(=O)c3cccs3)n2)cc(OC)c1OC. The minimum atomic E-state index is -0.442. The number of nitrogens with one attached hydrogen (secondary N) is 1. The molecule has 0 saturated carbocycles. The second-order valence-electron chi connectivity index (χ2n) is 5.54. The maximum absolute atomic E-state index is 12.2. The van der Waals surface area contributed by atoms with Gasteiger partial charge in [0.2, 0.25) is 17.5 Å². The second-order valence-corrected chi connectivity index (χ2v) is 6.49. The van der Waals surface area contributed by atoms with Crippen molar-refractivity contribution in [3.05, 3.63) is 40.4 Å². The molecule has 0 aliphatic heterocycles. The molecule has 3 rings (SSSR count). The lowest BCUT2D eigenvalue weighted by Crippen LogP contribution is -2.26. The fourth-order valence-electron chi connectivity index (χ4n) is 2.48. The van der Waals surface area contributed by atoms with Crippen LogP contribution in [0, 0.1) is 0 Å². The molecule has 9 heteroatoms. The van der Waals surface area contributed by atoms with Crippen molar-refractivity contribution in [1.29, 1.82) is 0 Å². The molecule has 3 aromatic rings. The number of rotatable bonds is 7. The topological polar surface area (TPSA) is 95.7 Å². The zero-order valence-corrected chi connectivity index (χ0v) is 16.1. The molecule has 0 bridgehead atoms. The molecule has 8 nitrogen and oxygen atoms in total. The van der Waals surface area contributed by atoms with Crippen molar-refractivity contribution in [2.45, 2.75) is 13.0 Å². The van der Waals surface area contributed by atoms with Gasteiger partial charge in [0, 0.05) is 5.56 Å². The number of benzene rings is 1. The lowest BCUT2D eigenvalue weighted by Gasteiger charge is -2.12. The highest BCUT2D eigenvalue weighted by Crippen LogP contribution is 2.40. The van der Waals surface area contributed by atoms with E-state index in [9.17, 15) is 4.79 Å². The number of amides is 1. The summed E-state index contributed by atoms with van der Waals surface area (Å²) in [5.74, 6) is 1.90. The van der Waals surface area contributed by atoms with Gasteiger partial charge in [-0.3, -0.25) is 4.79 Å². The van der Waals surface area contributed by atoms with E-state index in [0.717, 1.165) is 0 Å². The standard InChI is InChI=1S/C18H19N3O5S/c1-10(19-17(22)14-6-5-7-27-14)18-20-16(21-26-18)11-8-12(23-2)15(25-4)13(9-11)24-3/h5-10H,1-4H3,(H,19,22). The van der Waals surface area contributed by atoms with E-state index in [1.165, 1.54) is 32.7 Å². The quantitative estimate of drug-likeness (QED) is 0.662. The third-order valence-corrected chi connectivity index (χ3v) is 4.70. The molecular formula is C18H19N3O5S. The van der Waals surface area contributed by atoms with Gasteiger partial charge in [-0.25, -0.2) is 0 Å². The summed E-state index contributed by atoms with van der Waals surface area (Å²) in [6.45, 7) is 1.78. The monoisotopic (exact) mass is 389 g/mol. The highest BCUT2D eigenvalue weighted by molar-refractivity contribution is 7.12. The van der Waals surface area contributed by atoms with Gasteiger partial charge in [0.25, 0.3) is 5.91 Å². The number of methoxy groups -OCH3 is 3. The lowest BCUT2D eigenvalue weighted by molar-refractivity contribution is 0.0936. The number of aromatic nitrogens is 2. The second kappa shape index (κ2) is 8.09. The van der Waals surface area contributed by atoms with Gasteiger partial charge in [0.15, 0.2) is 11.5 Å². The number of carbonyl (C=O) groups excluding carboxylic acids is 1. The van der Waals surface area contributed by atoms with Gasteiger partial charge in [-0.1, -0.05) is 11.2 Å². The van der Waals surface area contributed by atoms with Gasteiger partial charge in [-0.05, 0) is 30.5 Å². The number of ether oxygens (including phenoxy) is 3. The molecule has 1 aromatic carbocycles. The number of hydrogen-bond donors (Lipinski definition) is 1. The Morgan fingerprint density at radius 3 is 2.44 bits per heavy atom. The van der Waals surface area contributed by atoms with Crippen molar-refractivity contribution < 1.29 is 23.5 Å². The summed E-state index contributed by atoms with van der Waals surface area (Å²) in [6.07, 6.45) is 0. The van der Waals surface area contributed by atoms with Crippen LogP contribution in [0.3, 0.4) is 0 Å². The summed E-state index contributed by atoms with van der Waals surface area (Å²) in [4.78, 5) is 17.2. The highest BCUT2D eigenvalue weighted by atomic mass is 32.1. The Bertz CT molecular complexity index is 898. The first-order chi connectivity index (χ1) is 13.1. The van der Waals surface area contributed by atoms with Crippen molar-refractivity contribution in [2.75, 3.05) is 21.3 Å². The van der Waals surface area contributed by atoms with Crippen molar-refractivity contribution >= 4 is 17.2 Å². The third-order valence-electron chi connectivity index (χ3n) is 3.83. The summed E-state index contributed by atoms with van der Waals surface area (Å²) in [7, 11) is 4.60.